The number of hydrogen-bond acceptors (Lipinski definition) is 6. The molecular weight excluding hydrogens is 338 g/mol. The fourth-order valence-electron chi connectivity index (χ4n) is 2.80. The Morgan fingerprint density at radius 2 is 2.24 bits per heavy atom. The number of hydrogen-bond donors (Lipinski definition) is 0. The van der Waals surface area contributed by atoms with E-state index in [9.17, 15) is 4.79 Å². The normalized spacial score (nSPS) is 17.7. The van der Waals surface area contributed by atoms with Crippen LogP contribution in [0.3, 0.4) is 0 Å². The van der Waals surface area contributed by atoms with Crippen LogP contribution in [0.1, 0.15) is 24.5 Å². The van der Waals surface area contributed by atoms with Crippen molar-refractivity contribution in [1.29, 1.82) is 0 Å². The highest BCUT2D eigenvalue weighted by molar-refractivity contribution is 7.99. The molecule has 1 unspecified atom stereocenters. The van der Waals surface area contributed by atoms with E-state index in [1.165, 1.54) is 17.3 Å². The third kappa shape index (κ3) is 4.01. The lowest BCUT2D eigenvalue weighted by atomic mass is 10.1. The summed E-state index contributed by atoms with van der Waals surface area (Å²) in [6.07, 6.45) is 1.06. The topological polar surface area (TPSA) is 73.1 Å². The number of ether oxygens (including phenoxy) is 1. The molecule has 0 saturated carbocycles. The monoisotopic (exact) mass is 361 g/mol. The van der Waals surface area contributed by atoms with Gasteiger partial charge in [-0.25, -0.2) is 0 Å². The van der Waals surface area contributed by atoms with Crippen LogP contribution in [-0.2, 0) is 9.53 Å². The molecule has 2 heterocycles. The van der Waals surface area contributed by atoms with Crippen molar-refractivity contribution in [3.05, 3.63) is 29.3 Å². The number of nitrogens with zero attached hydrogens (tertiary/aromatic N) is 5. The van der Waals surface area contributed by atoms with Crippen LogP contribution in [0.15, 0.2) is 23.4 Å². The fraction of sp³-hybridized carbons (Fsp3) is 0.529. The molecule has 0 aliphatic carbocycles. The van der Waals surface area contributed by atoms with Gasteiger partial charge in [0.1, 0.15) is 0 Å². The molecule has 0 N–H and O–H groups in total. The Kier molecular flexibility index (Phi) is 5.70. The molecule has 1 fully saturated rings. The van der Waals surface area contributed by atoms with Crippen LogP contribution in [-0.4, -0.2) is 62.6 Å². The molecule has 1 aliphatic rings. The summed E-state index contributed by atoms with van der Waals surface area (Å²) in [5.41, 5.74) is 3.25. The van der Waals surface area contributed by atoms with Gasteiger partial charge in [0, 0.05) is 13.1 Å². The molecule has 0 radical (unpaired) electrons. The highest BCUT2D eigenvalue weighted by Crippen LogP contribution is 2.23. The Hall–Kier alpha value is -1.93. The van der Waals surface area contributed by atoms with Crippen molar-refractivity contribution in [1.82, 2.24) is 25.1 Å². The molecule has 1 aromatic heterocycles. The highest BCUT2D eigenvalue weighted by Gasteiger charge is 2.23. The predicted molar refractivity (Wildman–Crippen MR) is 96.0 cm³/mol. The minimum absolute atomic E-state index is 0.0993. The van der Waals surface area contributed by atoms with Gasteiger partial charge in [-0.2, -0.15) is 4.68 Å². The van der Waals surface area contributed by atoms with Crippen molar-refractivity contribution in [2.24, 2.45) is 0 Å². The third-order valence-corrected chi connectivity index (χ3v) is 5.42. The van der Waals surface area contributed by atoms with E-state index < -0.39 is 0 Å². The summed E-state index contributed by atoms with van der Waals surface area (Å²) in [6.45, 7) is 8.10. The van der Waals surface area contributed by atoms with E-state index in [4.69, 9.17) is 4.74 Å². The van der Waals surface area contributed by atoms with Gasteiger partial charge in [0.25, 0.3) is 0 Å². The van der Waals surface area contributed by atoms with Gasteiger partial charge < -0.3 is 9.64 Å². The van der Waals surface area contributed by atoms with E-state index in [1.807, 2.05) is 24.0 Å². The van der Waals surface area contributed by atoms with E-state index in [0.29, 0.717) is 30.6 Å². The largest absolute Gasteiger partial charge is 0.375 e. The van der Waals surface area contributed by atoms with Gasteiger partial charge in [-0.1, -0.05) is 30.8 Å². The Labute approximate surface area is 151 Å². The molecule has 1 saturated heterocycles. The second-order valence-electron chi connectivity index (χ2n) is 6.12. The second-order valence-corrected chi connectivity index (χ2v) is 7.06. The smallest absolute Gasteiger partial charge is 0.233 e. The van der Waals surface area contributed by atoms with E-state index in [2.05, 4.69) is 35.4 Å². The Morgan fingerprint density at radius 3 is 3.04 bits per heavy atom. The maximum absolute atomic E-state index is 12.5. The van der Waals surface area contributed by atoms with E-state index in [0.717, 1.165) is 17.7 Å². The van der Waals surface area contributed by atoms with Crippen molar-refractivity contribution in [3.8, 4) is 5.69 Å². The van der Waals surface area contributed by atoms with Gasteiger partial charge in [0.15, 0.2) is 0 Å². The van der Waals surface area contributed by atoms with Crippen molar-refractivity contribution in [2.45, 2.75) is 38.5 Å². The summed E-state index contributed by atoms with van der Waals surface area (Å²) >= 11 is 1.37. The van der Waals surface area contributed by atoms with Crippen LogP contribution in [0.5, 0.6) is 0 Å². The molecule has 0 spiro atoms. The van der Waals surface area contributed by atoms with E-state index in [1.54, 1.807) is 4.68 Å². The highest BCUT2D eigenvalue weighted by atomic mass is 32.2. The third-order valence-electron chi connectivity index (χ3n) is 4.52. The molecule has 0 bridgehead atoms. The number of aromatic nitrogens is 4. The average Bonchev–Trinajstić information content (AvgIpc) is 3.10. The molecular formula is C17H23N5O2S. The number of tetrazole rings is 1. The van der Waals surface area contributed by atoms with Crippen molar-refractivity contribution in [3.63, 3.8) is 0 Å². The summed E-state index contributed by atoms with van der Waals surface area (Å²) in [5.74, 6) is 0.420. The summed E-state index contributed by atoms with van der Waals surface area (Å²) in [4.78, 5) is 14.4. The van der Waals surface area contributed by atoms with Crippen molar-refractivity contribution >= 4 is 17.7 Å². The first-order valence-corrected chi connectivity index (χ1v) is 9.45. The molecule has 2 aromatic rings. The van der Waals surface area contributed by atoms with Gasteiger partial charge in [-0.05, 0) is 47.9 Å². The number of amides is 1. The molecule has 134 valence electrons. The lowest BCUT2D eigenvalue weighted by Crippen LogP contribution is -2.46. The Balaban J connectivity index is 1.68. The first-order chi connectivity index (χ1) is 12.1. The van der Waals surface area contributed by atoms with Crippen molar-refractivity contribution < 1.29 is 9.53 Å². The van der Waals surface area contributed by atoms with Gasteiger partial charge in [0.2, 0.25) is 11.1 Å². The van der Waals surface area contributed by atoms with Crippen LogP contribution in [0.4, 0.5) is 0 Å². The number of rotatable bonds is 5. The molecule has 1 aromatic carbocycles. The molecule has 3 rings (SSSR count). The summed E-state index contributed by atoms with van der Waals surface area (Å²) in [6, 6.07) is 6.03. The van der Waals surface area contributed by atoms with E-state index in [-0.39, 0.29) is 12.0 Å². The Morgan fingerprint density at radius 1 is 1.40 bits per heavy atom. The lowest BCUT2D eigenvalue weighted by molar-refractivity contribution is -0.135. The average molecular weight is 361 g/mol. The molecule has 7 nitrogen and oxygen atoms in total. The van der Waals surface area contributed by atoms with Crippen LogP contribution >= 0.6 is 11.8 Å². The number of thioether (sulfide) groups is 1. The molecule has 1 atom stereocenters. The van der Waals surface area contributed by atoms with Crippen LogP contribution in [0.2, 0.25) is 0 Å². The molecule has 8 heteroatoms. The standard InChI is InChI=1S/C17H23N5O2S/c1-4-14-10-21(8-9-24-14)16(23)11-25-17-18-19-20-22(17)15-7-5-6-12(2)13(15)3/h5-7,14H,4,8-11H2,1-3H3. The summed E-state index contributed by atoms with van der Waals surface area (Å²) < 4.78 is 7.32. The lowest BCUT2D eigenvalue weighted by Gasteiger charge is -2.32. The SMILES string of the molecule is CCC1CN(C(=O)CSc2nnnn2-c2cccc(C)c2C)CCO1. The number of morpholine rings is 1. The zero-order chi connectivity index (χ0) is 17.8. The first kappa shape index (κ1) is 17.9. The van der Waals surface area contributed by atoms with Crippen LogP contribution < -0.4 is 0 Å². The van der Waals surface area contributed by atoms with Crippen LogP contribution in [0.25, 0.3) is 5.69 Å². The Bertz CT molecular complexity index is 748. The maximum atomic E-state index is 12.5. The zero-order valence-electron chi connectivity index (χ0n) is 14.8. The number of benzene rings is 1. The fourth-order valence-corrected chi connectivity index (χ4v) is 3.58. The van der Waals surface area contributed by atoms with Gasteiger partial charge >= 0.3 is 0 Å². The van der Waals surface area contributed by atoms with E-state index >= 15 is 0 Å². The molecule has 1 amide bonds. The van der Waals surface area contributed by atoms with Crippen LogP contribution in [0, 0.1) is 13.8 Å². The van der Waals surface area contributed by atoms with Gasteiger partial charge in [-0.3, -0.25) is 4.79 Å². The maximum Gasteiger partial charge on any atom is 0.233 e. The number of carbonyl (C=O) groups is 1. The second kappa shape index (κ2) is 7.97. The molecule has 1 aliphatic heterocycles. The minimum atomic E-state index is 0.0993. The first-order valence-electron chi connectivity index (χ1n) is 8.47. The van der Waals surface area contributed by atoms with Crippen molar-refractivity contribution in [2.75, 3.05) is 25.4 Å². The summed E-state index contributed by atoms with van der Waals surface area (Å²) in [5, 5.41) is 12.6. The number of aryl methyl sites for hydroxylation is 1. The number of carbonyl (C=O) groups excluding carboxylic acids is 1. The minimum Gasteiger partial charge on any atom is -0.375 e. The summed E-state index contributed by atoms with van der Waals surface area (Å²) in [7, 11) is 0. The quantitative estimate of drug-likeness (QED) is 0.759. The van der Waals surface area contributed by atoms with Gasteiger partial charge in [-0.15, -0.1) is 5.10 Å². The molecule has 25 heavy (non-hydrogen) atoms. The van der Waals surface area contributed by atoms with Gasteiger partial charge in [0.05, 0.1) is 24.2 Å². The zero-order valence-corrected chi connectivity index (χ0v) is 15.6. The predicted octanol–water partition coefficient (Wildman–Crippen LogP) is 2.01.